The Morgan fingerprint density at radius 1 is 0.957 bits per heavy atom. The van der Waals surface area contributed by atoms with E-state index in [4.69, 9.17) is 21.1 Å². The number of carbonyl (C=O) groups is 1. The van der Waals surface area contributed by atoms with E-state index in [1.165, 1.54) is 43.5 Å². The lowest BCUT2D eigenvalue weighted by atomic mass is 9.86. The molecule has 15 heteroatoms. The fraction of sp³-hybridized carbons (Fsp3) is 0.344. The lowest BCUT2D eigenvalue weighted by Gasteiger charge is -2.55. The summed E-state index contributed by atoms with van der Waals surface area (Å²) < 4.78 is 122. The van der Waals surface area contributed by atoms with Crippen LogP contribution in [-0.4, -0.2) is 58.2 Å². The van der Waals surface area contributed by atoms with Crippen molar-refractivity contribution in [3.63, 3.8) is 0 Å². The highest BCUT2D eigenvalue weighted by Crippen LogP contribution is 2.45. The van der Waals surface area contributed by atoms with Gasteiger partial charge >= 0.3 is 18.3 Å². The first kappa shape index (κ1) is 34.6. The van der Waals surface area contributed by atoms with Crippen molar-refractivity contribution in [3.05, 3.63) is 87.9 Å². The minimum Gasteiger partial charge on any atom is -0.480 e. The number of carbonyl (C=O) groups excluding carboxylic acids is 1. The SMILES string of the molecule is COC(=O)C(C)(C)CN1CC2(C1)CN(S(=O)(=O)c1cccc(C(F)(F)F)c1)c1cc(/C=C/c3c(Cl)cccc3C(F)(F)F)ccc1O2. The normalized spacial score (nSPS) is 16.9. The van der Waals surface area contributed by atoms with Gasteiger partial charge in [0.25, 0.3) is 10.0 Å². The molecule has 2 aliphatic rings. The van der Waals surface area contributed by atoms with Gasteiger partial charge in [-0.1, -0.05) is 42.0 Å². The van der Waals surface area contributed by atoms with Gasteiger partial charge in [-0.2, -0.15) is 26.3 Å². The Kier molecular flexibility index (Phi) is 8.86. The number of methoxy groups -OCH3 is 1. The molecular formula is C32H29ClF6N2O5S. The fourth-order valence-corrected chi connectivity index (χ4v) is 7.61. The zero-order valence-corrected chi connectivity index (χ0v) is 26.8. The molecule has 2 aliphatic heterocycles. The number of alkyl halides is 6. The highest BCUT2D eigenvalue weighted by molar-refractivity contribution is 7.92. The Bertz CT molecular complexity index is 1840. The number of benzene rings is 3. The molecule has 1 saturated heterocycles. The van der Waals surface area contributed by atoms with Crippen molar-refractivity contribution in [2.45, 2.75) is 36.7 Å². The number of hydrogen-bond acceptors (Lipinski definition) is 6. The third-order valence-corrected chi connectivity index (χ3v) is 10.0. The number of likely N-dealkylation sites (tertiary alicyclic amines) is 1. The molecule has 2 heterocycles. The Labute approximate surface area is 272 Å². The van der Waals surface area contributed by atoms with Crippen LogP contribution in [0.4, 0.5) is 32.0 Å². The van der Waals surface area contributed by atoms with E-state index in [9.17, 15) is 39.6 Å². The molecule has 1 spiro atoms. The second-order valence-electron chi connectivity index (χ2n) is 12.1. The van der Waals surface area contributed by atoms with E-state index < -0.39 is 55.4 Å². The van der Waals surface area contributed by atoms with Crippen LogP contribution in [0.1, 0.15) is 36.1 Å². The minimum atomic E-state index is -4.80. The molecule has 5 rings (SSSR count). The molecular weight excluding hydrogens is 674 g/mol. The molecule has 0 amide bonds. The fourth-order valence-electron chi connectivity index (χ4n) is 5.78. The molecule has 252 valence electrons. The molecule has 3 aromatic carbocycles. The maximum atomic E-state index is 14.1. The van der Waals surface area contributed by atoms with Crippen molar-refractivity contribution >= 4 is 45.4 Å². The summed E-state index contributed by atoms with van der Waals surface area (Å²) in [5.41, 5.74) is -4.16. The predicted octanol–water partition coefficient (Wildman–Crippen LogP) is 7.39. The van der Waals surface area contributed by atoms with Crippen molar-refractivity contribution < 1.29 is 49.0 Å². The molecule has 0 aromatic heterocycles. The molecule has 0 atom stereocenters. The summed E-state index contributed by atoms with van der Waals surface area (Å²) in [6, 6.07) is 11.0. The molecule has 0 saturated carbocycles. The van der Waals surface area contributed by atoms with Gasteiger partial charge < -0.3 is 9.47 Å². The minimum absolute atomic E-state index is 0.0151. The first-order valence-corrected chi connectivity index (χ1v) is 16.0. The number of halogens is 7. The van der Waals surface area contributed by atoms with Crippen LogP contribution in [0, 0.1) is 5.41 Å². The number of esters is 1. The van der Waals surface area contributed by atoms with E-state index >= 15 is 0 Å². The van der Waals surface area contributed by atoms with E-state index in [-0.39, 0.29) is 53.8 Å². The van der Waals surface area contributed by atoms with Crippen LogP contribution in [0.25, 0.3) is 12.2 Å². The predicted molar refractivity (Wildman–Crippen MR) is 163 cm³/mol. The third kappa shape index (κ3) is 6.95. The Morgan fingerprint density at radius 2 is 1.64 bits per heavy atom. The van der Waals surface area contributed by atoms with Crippen LogP contribution in [0.15, 0.2) is 65.6 Å². The van der Waals surface area contributed by atoms with Crippen LogP contribution < -0.4 is 9.04 Å². The summed E-state index contributed by atoms with van der Waals surface area (Å²) in [4.78, 5) is 13.5. The van der Waals surface area contributed by atoms with Crippen molar-refractivity contribution in [1.82, 2.24) is 4.90 Å². The van der Waals surface area contributed by atoms with Crippen LogP contribution >= 0.6 is 11.6 Å². The van der Waals surface area contributed by atoms with Gasteiger partial charge in [0, 0.05) is 30.2 Å². The number of sulfonamides is 1. The average Bonchev–Trinajstić information content (AvgIpc) is 2.97. The van der Waals surface area contributed by atoms with Crippen molar-refractivity contribution in [2.24, 2.45) is 5.41 Å². The van der Waals surface area contributed by atoms with E-state index in [0.29, 0.717) is 6.07 Å². The largest absolute Gasteiger partial charge is 0.480 e. The van der Waals surface area contributed by atoms with Crippen LogP contribution in [0.2, 0.25) is 5.02 Å². The smallest absolute Gasteiger partial charge is 0.417 e. The van der Waals surface area contributed by atoms with Crippen molar-refractivity contribution in [2.75, 3.05) is 37.6 Å². The molecule has 3 aromatic rings. The summed E-state index contributed by atoms with van der Waals surface area (Å²) in [6.07, 6.45) is -7.03. The molecule has 47 heavy (non-hydrogen) atoms. The lowest BCUT2D eigenvalue weighted by molar-refractivity contribution is -0.155. The number of anilines is 1. The van der Waals surface area contributed by atoms with Gasteiger partial charge in [-0.05, 0) is 61.9 Å². The highest BCUT2D eigenvalue weighted by atomic mass is 35.5. The Morgan fingerprint density at radius 3 is 2.28 bits per heavy atom. The monoisotopic (exact) mass is 702 g/mol. The summed E-state index contributed by atoms with van der Waals surface area (Å²) >= 11 is 6.08. The van der Waals surface area contributed by atoms with Crippen LogP contribution in [0.5, 0.6) is 5.75 Å². The Balaban J connectivity index is 1.54. The maximum absolute atomic E-state index is 14.1. The molecule has 0 unspecified atom stereocenters. The Hall–Kier alpha value is -3.75. The zero-order valence-electron chi connectivity index (χ0n) is 25.2. The standard InChI is InChI=1S/C32H29ClF6N2O5S/c1-29(2,28(42)45-3)16-40-17-30(18-40)19-41(47(43,44)22-7-4-6-21(15-22)31(34,35)36)26-14-20(11-13-27(26)46-30)10-12-23-24(32(37,38)39)8-5-9-25(23)33/h4-15H,16-19H2,1-3H3/b12-10+. The first-order chi connectivity index (χ1) is 21.8. The van der Waals surface area contributed by atoms with Crippen LogP contribution in [0.3, 0.4) is 0 Å². The second-order valence-corrected chi connectivity index (χ2v) is 14.4. The summed E-state index contributed by atoms with van der Waals surface area (Å²) in [5, 5.41) is -0.155. The van der Waals surface area contributed by atoms with Gasteiger partial charge in [-0.25, -0.2) is 8.42 Å². The first-order valence-electron chi connectivity index (χ1n) is 14.1. The van der Waals surface area contributed by atoms with Gasteiger partial charge in [0.1, 0.15) is 5.75 Å². The van der Waals surface area contributed by atoms with Gasteiger partial charge in [-0.3, -0.25) is 14.0 Å². The summed E-state index contributed by atoms with van der Waals surface area (Å²) in [5.74, 6) is -0.341. The average molecular weight is 703 g/mol. The van der Waals surface area contributed by atoms with E-state index in [1.54, 1.807) is 13.8 Å². The number of ether oxygens (including phenoxy) is 2. The molecule has 0 radical (unpaired) electrons. The highest BCUT2D eigenvalue weighted by Gasteiger charge is 2.53. The number of fused-ring (bicyclic) bond motifs is 1. The second kappa shape index (κ2) is 12.0. The van der Waals surface area contributed by atoms with E-state index in [1.807, 2.05) is 4.90 Å². The van der Waals surface area contributed by atoms with Crippen molar-refractivity contribution in [1.29, 1.82) is 0 Å². The molecule has 7 nitrogen and oxygen atoms in total. The number of nitrogens with zero attached hydrogens (tertiary/aromatic N) is 2. The van der Waals surface area contributed by atoms with Crippen molar-refractivity contribution in [3.8, 4) is 5.75 Å². The van der Waals surface area contributed by atoms with Gasteiger partial charge in [0.05, 0.1) is 40.8 Å². The molecule has 0 bridgehead atoms. The lowest BCUT2D eigenvalue weighted by Crippen LogP contribution is -2.72. The summed E-state index contributed by atoms with van der Waals surface area (Å²) in [6.45, 7) is 3.75. The van der Waals surface area contributed by atoms with E-state index in [2.05, 4.69) is 0 Å². The topological polar surface area (TPSA) is 76.2 Å². The van der Waals surface area contributed by atoms with Gasteiger partial charge in [0.15, 0.2) is 5.60 Å². The van der Waals surface area contributed by atoms with Gasteiger partial charge in [-0.15, -0.1) is 0 Å². The van der Waals surface area contributed by atoms with E-state index in [0.717, 1.165) is 34.6 Å². The zero-order chi connectivity index (χ0) is 34.6. The summed E-state index contributed by atoms with van der Waals surface area (Å²) in [7, 11) is -3.36. The number of hydrogen-bond donors (Lipinski definition) is 0. The maximum Gasteiger partial charge on any atom is 0.417 e. The third-order valence-electron chi connectivity index (χ3n) is 7.94. The van der Waals surface area contributed by atoms with Crippen LogP contribution in [-0.2, 0) is 31.9 Å². The van der Waals surface area contributed by atoms with Gasteiger partial charge in [0.2, 0.25) is 0 Å². The molecule has 1 fully saturated rings. The molecule has 0 N–H and O–H groups in total. The molecule has 0 aliphatic carbocycles. The quantitative estimate of drug-likeness (QED) is 0.145. The number of rotatable bonds is 7.